The third-order valence-electron chi connectivity index (χ3n) is 4.08. The Bertz CT molecular complexity index is 1110. The van der Waals surface area contributed by atoms with Crippen molar-refractivity contribution in [1.29, 1.82) is 0 Å². The topological polar surface area (TPSA) is 93.0 Å². The monoisotopic (exact) mass is 368 g/mol. The normalized spacial score (nSPS) is 11.1. The molecule has 0 saturated heterocycles. The maximum Gasteiger partial charge on any atom is 0.307 e. The average Bonchev–Trinajstić information content (AvgIpc) is 3.13. The van der Waals surface area contributed by atoms with Crippen molar-refractivity contribution in [3.63, 3.8) is 0 Å². The van der Waals surface area contributed by atoms with Crippen molar-refractivity contribution in [3.05, 3.63) is 68.5 Å². The van der Waals surface area contributed by atoms with Crippen LogP contribution in [0.4, 0.5) is 0 Å². The van der Waals surface area contributed by atoms with Gasteiger partial charge in [0.2, 0.25) is 5.88 Å². The molecular weight excluding hydrogens is 352 g/mol. The van der Waals surface area contributed by atoms with Crippen LogP contribution in [0.15, 0.2) is 47.4 Å². The molecule has 0 aliphatic rings. The number of aromatic amines is 1. The molecule has 0 fully saturated rings. The second kappa shape index (κ2) is 6.64. The highest BCUT2D eigenvalue weighted by Crippen LogP contribution is 2.22. The lowest BCUT2D eigenvalue weighted by molar-refractivity contribution is 0.292. The van der Waals surface area contributed by atoms with Gasteiger partial charge in [-0.15, -0.1) is 0 Å². The van der Waals surface area contributed by atoms with E-state index < -0.39 is 0 Å². The molecule has 0 spiro atoms. The fraction of sp³-hybridized carbons (Fsp3) is 0.167. The number of ether oxygens (including phenoxy) is 1. The maximum absolute atomic E-state index is 11.2. The SMILES string of the molecule is Cn1c(COc2ccc(Cc3sc(=O)[nH]c3O)cc2)nc2cccnc21. The molecule has 0 atom stereocenters. The first-order chi connectivity index (χ1) is 12.6. The molecule has 3 aromatic heterocycles. The minimum atomic E-state index is -0.255. The molecule has 0 aliphatic heterocycles. The third-order valence-corrected chi connectivity index (χ3v) is 4.95. The highest BCUT2D eigenvalue weighted by molar-refractivity contribution is 7.09. The zero-order valence-electron chi connectivity index (χ0n) is 14.0. The van der Waals surface area contributed by atoms with Gasteiger partial charge >= 0.3 is 4.87 Å². The van der Waals surface area contributed by atoms with Crippen LogP contribution in [0.3, 0.4) is 0 Å². The van der Waals surface area contributed by atoms with Crippen LogP contribution in [0.1, 0.15) is 16.3 Å². The smallest absolute Gasteiger partial charge is 0.307 e. The molecule has 132 valence electrons. The molecule has 0 radical (unpaired) electrons. The quantitative estimate of drug-likeness (QED) is 0.565. The summed E-state index contributed by atoms with van der Waals surface area (Å²) in [7, 11) is 1.92. The van der Waals surface area contributed by atoms with Crippen molar-refractivity contribution in [2.45, 2.75) is 13.0 Å². The molecule has 4 aromatic rings. The average molecular weight is 368 g/mol. The number of aromatic hydroxyl groups is 1. The molecular formula is C18H16N4O3S. The van der Waals surface area contributed by atoms with Gasteiger partial charge < -0.3 is 14.4 Å². The fourth-order valence-electron chi connectivity index (χ4n) is 2.71. The number of rotatable bonds is 5. The number of benzene rings is 1. The molecule has 7 nitrogen and oxygen atoms in total. The number of fused-ring (bicyclic) bond motifs is 1. The molecule has 0 bridgehead atoms. The molecule has 26 heavy (non-hydrogen) atoms. The molecule has 0 amide bonds. The Morgan fingerprint density at radius 1 is 1.27 bits per heavy atom. The second-order valence-corrected chi connectivity index (χ2v) is 6.90. The van der Waals surface area contributed by atoms with Gasteiger partial charge in [0.05, 0.1) is 4.88 Å². The first kappa shape index (κ1) is 16.3. The van der Waals surface area contributed by atoms with Gasteiger partial charge in [0.25, 0.3) is 0 Å². The van der Waals surface area contributed by atoms with Crippen molar-refractivity contribution >= 4 is 22.5 Å². The Hall–Kier alpha value is -3.13. The minimum Gasteiger partial charge on any atom is -0.494 e. The summed E-state index contributed by atoms with van der Waals surface area (Å²) >= 11 is 1.02. The van der Waals surface area contributed by atoms with Gasteiger partial charge in [-0.05, 0) is 29.8 Å². The van der Waals surface area contributed by atoms with E-state index in [4.69, 9.17) is 4.74 Å². The predicted octanol–water partition coefficient (Wildman–Crippen LogP) is 2.59. The lowest BCUT2D eigenvalue weighted by atomic mass is 10.1. The number of hydrogen-bond donors (Lipinski definition) is 2. The number of aryl methyl sites for hydroxylation is 1. The second-order valence-electron chi connectivity index (χ2n) is 5.83. The summed E-state index contributed by atoms with van der Waals surface area (Å²) in [5.41, 5.74) is 2.65. The lowest BCUT2D eigenvalue weighted by Crippen LogP contribution is -2.03. The van der Waals surface area contributed by atoms with Crippen LogP contribution in [0.25, 0.3) is 11.2 Å². The van der Waals surface area contributed by atoms with Crippen LogP contribution in [-0.4, -0.2) is 24.6 Å². The van der Waals surface area contributed by atoms with E-state index in [0.717, 1.165) is 39.6 Å². The van der Waals surface area contributed by atoms with E-state index in [0.29, 0.717) is 17.9 Å². The first-order valence-corrected chi connectivity index (χ1v) is 8.81. The van der Waals surface area contributed by atoms with Crippen molar-refractivity contribution in [3.8, 4) is 11.6 Å². The van der Waals surface area contributed by atoms with E-state index in [-0.39, 0.29) is 10.8 Å². The number of hydrogen-bond acceptors (Lipinski definition) is 6. The van der Waals surface area contributed by atoms with E-state index in [1.54, 1.807) is 6.20 Å². The number of thiazole rings is 1. The third kappa shape index (κ3) is 3.18. The summed E-state index contributed by atoms with van der Waals surface area (Å²) in [6.07, 6.45) is 2.23. The predicted molar refractivity (Wildman–Crippen MR) is 98.7 cm³/mol. The van der Waals surface area contributed by atoms with Crippen LogP contribution >= 0.6 is 11.3 Å². The zero-order valence-corrected chi connectivity index (χ0v) is 14.8. The molecule has 3 heterocycles. The standard InChI is InChI=1S/C18H16N4O3S/c1-22-15(20-13-3-2-8-19-16(13)22)10-25-12-6-4-11(5-7-12)9-14-17(23)21-18(24)26-14/h2-8,23H,9-10H2,1H3,(H,21,24). The van der Waals surface area contributed by atoms with Gasteiger partial charge in [0.1, 0.15) is 23.7 Å². The fourth-order valence-corrected chi connectivity index (χ4v) is 3.47. The van der Waals surface area contributed by atoms with Gasteiger partial charge in [0, 0.05) is 19.7 Å². The highest BCUT2D eigenvalue weighted by Gasteiger charge is 2.10. The van der Waals surface area contributed by atoms with Crippen molar-refractivity contribution in [2.24, 2.45) is 7.05 Å². The van der Waals surface area contributed by atoms with Crippen LogP contribution in [0, 0.1) is 0 Å². The molecule has 4 rings (SSSR count). The summed E-state index contributed by atoms with van der Waals surface area (Å²) in [5.74, 6) is 1.46. The highest BCUT2D eigenvalue weighted by atomic mass is 32.1. The largest absolute Gasteiger partial charge is 0.494 e. The Morgan fingerprint density at radius 3 is 2.77 bits per heavy atom. The van der Waals surface area contributed by atoms with Crippen LogP contribution < -0.4 is 9.61 Å². The van der Waals surface area contributed by atoms with E-state index in [1.165, 1.54) is 0 Å². The summed E-state index contributed by atoms with van der Waals surface area (Å²) < 4.78 is 7.74. The minimum absolute atomic E-state index is 0.0595. The molecule has 2 N–H and O–H groups in total. The molecule has 0 aliphatic carbocycles. The van der Waals surface area contributed by atoms with E-state index >= 15 is 0 Å². The van der Waals surface area contributed by atoms with Crippen molar-refractivity contribution < 1.29 is 9.84 Å². The summed E-state index contributed by atoms with van der Waals surface area (Å²) in [6.45, 7) is 0.340. The van der Waals surface area contributed by atoms with Crippen molar-refractivity contribution in [1.82, 2.24) is 19.5 Å². The molecule has 8 heteroatoms. The maximum atomic E-state index is 11.2. The summed E-state index contributed by atoms with van der Waals surface area (Å²) in [6, 6.07) is 11.3. The van der Waals surface area contributed by atoms with Gasteiger partial charge in [0.15, 0.2) is 5.65 Å². The number of H-pyrrole nitrogens is 1. The number of aromatic nitrogens is 4. The Labute approximate surface area is 152 Å². The molecule has 0 saturated carbocycles. The summed E-state index contributed by atoms with van der Waals surface area (Å²) in [5, 5.41) is 9.66. The van der Waals surface area contributed by atoms with Gasteiger partial charge in [-0.2, -0.15) is 0 Å². The Kier molecular flexibility index (Phi) is 4.18. The number of pyridine rings is 1. The van der Waals surface area contributed by atoms with Gasteiger partial charge in [-0.1, -0.05) is 23.5 Å². The Balaban J connectivity index is 1.44. The van der Waals surface area contributed by atoms with Gasteiger partial charge in [-0.25, -0.2) is 9.97 Å². The van der Waals surface area contributed by atoms with E-state index in [2.05, 4.69) is 15.0 Å². The molecule has 1 aromatic carbocycles. The van der Waals surface area contributed by atoms with Crippen LogP contribution in [-0.2, 0) is 20.1 Å². The van der Waals surface area contributed by atoms with E-state index in [9.17, 15) is 9.90 Å². The zero-order chi connectivity index (χ0) is 18.1. The lowest BCUT2D eigenvalue weighted by Gasteiger charge is -2.07. The van der Waals surface area contributed by atoms with Crippen molar-refractivity contribution in [2.75, 3.05) is 0 Å². The molecule has 0 unspecified atom stereocenters. The van der Waals surface area contributed by atoms with Gasteiger partial charge in [-0.3, -0.25) is 9.78 Å². The van der Waals surface area contributed by atoms with E-state index in [1.807, 2.05) is 48.0 Å². The first-order valence-electron chi connectivity index (χ1n) is 7.99. The number of nitrogens with one attached hydrogen (secondary N) is 1. The summed E-state index contributed by atoms with van der Waals surface area (Å²) in [4.78, 5) is 22.8. The number of nitrogens with zero attached hydrogens (tertiary/aromatic N) is 3. The van der Waals surface area contributed by atoms with Crippen LogP contribution in [0.5, 0.6) is 11.6 Å². The van der Waals surface area contributed by atoms with Crippen LogP contribution in [0.2, 0.25) is 0 Å². The number of imidazole rings is 1. The Morgan fingerprint density at radius 2 is 2.08 bits per heavy atom.